The van der Waals surface area contributed by atoms with E-state index in [2.05, 4.69) is 10.6 Å². The van der Waals surface area contributed by atoms with Crippen LogP contribution in [0.5, 0.6) is 0 Å². The first kappa shape index (κ1) is 23.6. The molecule has 164 valence electrons. The van der Waals surface area contributed by atoms with E-state index in [0.717, 1.165) is 5.56 Å². The van der Waals surface area contributed by atoms with E-state index in [9.17, 15) is 19.2 Å². The highest BCUT2D eigenvalue weighted by molar-refractivity contribution is 6.02. The number of hydrogen-bond acceptors (Lipinski definition) is 6. The molecular formula is C23H26N2O6. The van der Waals surface area contributed by atoms with E-state index in [1.54, 1.807) is 68.4 Å². The van der Waals surface area contributed by atoms with Crippen molar-refractivity contribution in [2.75, 3.05) is 6.61 Å². The van der Waals surface area contributed by atoms with Gasteiger partial charge in [-0.2, -0.15) is 0 Å². The van der Waals surface area contributed by atoms with Crippen LogP contribution in [-0.4, -0.2) is 42.4 Å². The maximum Gasteiger partial charge on any atom is 0.408 e. The Morgan fingerprint density at radius 1 is 0.871 bits per heavy atom. The normalized spacial score (nSPS) is 12.2. The first-order valence-corrected chi connectivity index (χ1v) is 9.93. The molecule has 31 heavy (non-hydrogen) atoms. The van der Waals surface area contributed by atoms with E-state index in [1.807, 2.05) is 6.07 Å². The number of carbonyl (C=O) groups excluding carboxylic acids is 4. The molecule has 2 amide bonds. The summed E-state index contributed by atoms with van der Waals surface area (Å²) >= 11 is 0. The van der Waals surface area contributed by atoms with Gasteiger partial charge in [-0.05, 0) is 19.4 Å². The van der Waals surface area contributed by atoms with E-state index < -0.39 is 36.5 Å². The third-order valence-corrected chi connectivity index (χ3v) is 4.29. The van der Waals surface area contributed by atoms with E-state index in [4.69, 9.17) is 9.47 Å². The molecule has 2 rings (SSSR count). The van der Waals surface area contributed by atoms with Gasteiger partial charge >= 0.3 is 12.1 Å². The van der Waals surface area contributed by atoms with Gasteiger partial charge in [0.25, 0.3) is 0 Å². The summed E-state index contributed by atoms with van der Waals surface area (Å²) in [5.41, 5.74) is 1.23. The Hall–Kier alpha value is -3.68. The Kier molecular flexibility index (Phi) is 9.22. The van der Waals surface area contributed by atoms with E-state index in [0.29, 0.717) is 5.56 Å². The summed E-state index contributed by atoms with van der Waals surface area (Å²) in [5, 5.41) is 4.90. The van der Waals surface area contributed by atoms with E-state index in [-0.39, 0.29) is 19.0 Å². The number of carbonyl (C=O) groups is 4. The molecular weight excluding hydrogens is 400 g/mol. The van der Waals surface area contributed by atoms with Crippen LogP contribution in [0, 0.1) is 0 Å². The lowest BCUT2D eigenvalue weighted by molar-refractivity contribution is -0.147. The van der Waals surface area contributed by atoms with Crippen LogP contribution in [0.15, 0.2) is 60.7 Å². The van der Waals surface area contributed by atoms with Gasteiger partial charge in [-0.3, -0.25) is 9.59 Å². The molecule has 2 atom stereocenters. The third-order valence-electron chi connectivity index (χ3n) is 4.29. The fraction of sp³-hybridized carbons (Fsp3) is 0.304. The Bertz CT molecular complexity index is 885. The van der Waals surface area contributed by atoms with Gasteiger partial charge in [-0.15, -0.1) is 0 Å². The Labute approximate surface area is 180 Å². The minimum atomic E-state index is -1.25. The molecule has 1 unspecified atom stereocenters. The van der Waals surface area contributed by atoms with Crippen LogP contribution >= 0.6 is 0 Å². The van der Waals surface area contributed by atoms with Crippen LogP contribution in [0.1, 0.15) is 36.2 Å². The van der Waals surface area contributed by atoms with E-state index in [1.165, 1.54) is 0 Å². The summed E-state index contributed by atoms with van der Waals surface area (Å²) in [6.45, 7) is 3.26. The van der Waals surface area contributed by atoms with Gasteiger partial charge in [0.2, 0.25) is 5.91 Å². The van der Waals surface area contributed by atoms with Gasteiger partial charge in [0.05, 0.1) is 19.1 Å². The number of esters is 1. The number of hydrogen-bond donors (Lipinski definition) is 2. The van der Waals surface area contributed by atoms with Crippen molar-refractivity contribution in [2.45, 2.75) is 39.0 Å². The largest absolute Gasteiger partial charge is 0.464 e. The van der Waals surface area contributed by atoms with Crippen molar-refractivity contribution in [3.63, 3.8) is 0 Å². The molecule has 0 aliphatic rings. The van der Waals surface area contributed by atoms with Crippen molar-refractivity contribution in [3.05, 3.63) is 71.8 Å². The van der Waals surface area contributed by atoms with Crippen LogP contribution in [0.2, 0.25) is 0 Å². The second-order valence-corrected chi connectivity index (χ2v) is 6.73. The number of ketones is 1. The first-order chi connectivity index (χ1) is 14.9. The Morgan fingerprint density at radius 2 is 1.48 bits per heavy atom. The standard InChI is InChI=1S/C23H26N2O6/c1-3-30-22(28)19(25-23(29)31-15-17-10-6-4-7-11-17)14-20(26)24-16(2)21(27)18-12-8-5-9-13-18/h4-13,16,19H,3,14-15H2,1-2H3,(H,24,26)(H,25,29)/t16?,19-/m0/s1. The number of alkyl carbamates (subject to hydrolysis) is 1. The Morgan fingerprint density at radius 3 is 2.10 bits per heavy atom. The van der Waals surface area contributed by atoms with Crippen molar-refractivity contribution in [1.82, 2.24) is 10.6 Å². The minimum Gasteiger partial charge on any atom is -0.464 e. The van der Waals surface area contributed by atoms with Gasteiger partial charge in [0.15, 0.2) is 5.78 Å². The second-order valence-electron chi connectivity index (χ2n) is 6.73. The minimum absolute atomic E-state index is 0.0109. The maximum atomic E-state index is 12.4. The number of ether oxygens (including phenoxy) is 2. The van der Waals surface area contributed by atoms with Gasteiger partial charge in [0, 0.05) is 5.56 Å². The molecule has 0 aromatic heterocycles. The predicted molar refractivity (Wildman–Crippen MR) is 113 cm³/mol. The van der Waals surface area contributed by atoms with Crippen LogP contribution in [0.3, 0.4) is 0 Å². The summed E-state index contributed by atoms with van der Waals surface area (Å²) in [4.78, 5) is 49.1. The van der Waals surface area contributed by atoms with Gasteiger partial charge in [0.1, 0.15) is 12.6 Å². The monoisotopic (exact) mass is 426 g/mol. The zero-order valence-corrected chi connectivity index (χ0v) is 17.5. The zero-order valence-electron chi connectivity index (χ0n) is 17.5. The van der Waals surface area contributed by atoms with Crippen molar-refractivity contribution in [1.29, 1.82) is 0 Å². The average Bonchev–Trinajstić information content (AvgIpc) is 2.78. The predicted octanol–water partition coefficient (Wildman–Crippen LogP) is 2.62. The molecule has 2 aromatic rings. The number of rotatable bonds is 10. The fourth-order valence-electron chi connectivity index (χ4n) is 2.75. The maximum absolute atomic E-state index is 12.4. The molecule has 0 bridgehead atoms. The van der Waals surface area contributed by atoms with Crippen LogP contribution in [0.25, 0.3) is 0 Å². The van der Waals surface area contributed by atoms with Crippen LogP contribution < -0.4 is 10.6 Å². The fourth-order valence-corrected chi connectivity index (χ4v) is 2.75. The van der Waals surface area contributed by atoms with Gasteiger partial charge in [-0.25, -0.2) is 9.59 Å². The topological polar surface area (TPSA) is 111 Å². The molecule has 8 heteroatoms. The lowest BCUT2D eigenvalue weighted by Crippen LogP contribution is -2.47. The molecule has 2 aromatic carbocycles. The second kappa shape index (κ2) is 12.1. The summed E-state index contributed by atoms with van der Waals surface area (Å²) in [6, 6.07) is 15.5. The molecule has 0 saturated heterocycles. The molecule has 0 heterocycles. The van der Waals surface area contributed by atoms with Crippen LogP contribution in [0.4, 0.5) is 4.79 Å². The highest BCUT2D eigenvalue weighted by Crippen LogP contribution is 2.05. The van der Waals surface area contributed by atoms with Crippen molar-refractivity contribution in [3.8, 4) is 0 Å². The molecule has 2 N–H and O–H groups in total. The van der Waals surface area contributed by atoms with E-state index >= 15 is 0 Å². The Balaban J connectivity index is 1.92. The summed E-state index contributed by atoms with van der Waals surface area (Å²) in [5.74, 6) is -1.62. The van der Waals surface area contributed by atoms with Crippen LogP contribution in [-0.2, 0) is 25.7 Å². The first-order valence-electron chi connectivity index (χ1n) is 9.93. The van der Waals surface area contributed by atoms with Crippen molar-refractivity contribution < 1.29 is 28.7 Å². The molecule has 0 spiro atoms. The number of benzene rings is 2. The summed E-state index contributed by atoms with van der Waals surface area (Å²) in [6.07, 6.45) is -1.26. The lowest BCUT2D eigenvalue weighted by Gasteiger charge is -2.18. The lowest BCUT2D eigenvalue weighted by atomic mass is 10.1. The van der Waals surface area contributed by atoms with Crippen molar-refractivity contribution in [2.24, 2.45) is 0 Å². The highest BCUT2D eigenvalue weighted by atomic mass is 16.6. The quantitative estimate of drug-likeness (QED) is 0.446. The SMILES string of the molecule is CCOC(=O)[C@H](CC(=O)NC(C)C(=O)c1ccccc1)NC(=O)OCc1ccccc1. The number of Topliss-reactive ketones (excluding diaryl/α,β-unsaturated/α-hetero) is 1. The zero-order chi connectivity index (χ0) is 22.6. The summed E-state index contributed by atoms with van der Waals surface area (Å²) in [7, 11) is 0. The molecule has 0 saturated carbocycles. The highest BCUT2D eigenvalue weighted by Gasteiger charge is 2.27. The summed E-state index contributed by atoms with van der Waals surface area (Å²) < 4.78 is 10.0. The van der Waals surface area contributed by atoms with Gasteiger partial charge in [-0.1, -0.05) is 60.7 Å². The molecule has 0 aliphatic heterocycles. The molecule has 8 nitrogen and oxygen atoms in total. The third kappa shape index (κ3) is 7.93. The van der Waals surface area contributed by atoms with Crippen molar-refractivity contribution >= 4 is 23.8 Å². The smallest absolute Gasteiger partial charge is 0.408 e. The molecule has 0 aliphatic carbocycles. The number of amides is 2. The van der Waals surface area contributed by atoms with Gasteiger partial charge < -0.3 is 20.1 Å². The number of nitrogens with one attached hydrogen (secondary N) is 2. The molecule has 0 radical (unpaired) electrons. The molecule has 0 fully saturated rings. The average molecular weight is 426 g/mol.